The van der Waals surface area contributed by atoms with Crippen molar-refractivity contribution in [3.05, 3.63) is 29.8 Å². The second kappa shape index (κ2) is 8.69. The number of esters is 1. The van der Waals surface area contributed by atoms with Crippen LogP contribution in [0.15, 0.2) is 29.2 Å². The summed E-state index contributed by atoms with van der Waals surface area (Å²) in [6.07, 6.45) is 6.06. The molecular weight excluding hydrogens is 344 g/mol. The summed E-state index contributed by atoms with van der Waals surface area (Å²) in [6, 6.07) is 7.92. The molecule has 0 spiro atoms. The molecule has 1 aliphatic carbocycles. The van der Waals surface area contributed by atoms with Gasteiger partial charge in [-0.05, 0) is 64.5 Å². The van der Waals surface area contributed by atoms with E-state index in [1.165, 1.54) is 12.0 Å². The summed E-state index contributed by atoms with van der Waals surface area (Å²) < 4.78 is 18.9. The van der Waals surface area contributed by atoms with Crippen molar-refractivity contribution in [3.63, 3.8) is 0 Å². The van der Waals surface area contributed by atoms with Crippen LogP contribution in [0.25, 0.3) is 0 Å². The van der Waals surface area contributed by atoms with Gasteiger partial charge >= 0.3 is 5.97 Å². The Morgan fingerprint density at radius 3 is 2.23 bits per heavy atom. The van der Waals surface area contributed by atoms with Crippen LogP contribution in [0.5, 0.6) is 0 Å². The first-order valence-electron chi connectivity index (χ1n) is 9.85. The highest BCUT2D eigenvalue weighted by Gasteiger charge is 2.45. The van der Waals surface area contributed by atoms with E-state index < -0.39 is 16.4 Å². The van der Waals surface area contributed by atoms with Crippen LogP contribution in [0, 0.1) is 18.3 Å². The quantitative estimate of drug-likeness (QED) is 0.621. The number of benzene rings is 1. The highest BCUT2D eigenvalue weighted by Crippen LogP contribution is 2.46. The maximum absolute atomic E-state index is 13.1. The lowest BCUT2D eigenvalue weighted by Crippen LogP contribution is -2.44. The van der Waals surface area contributed by atoms with E-state index in [4.69, 9.17) is 4.74 Å². The van der Waals surface area contributed by atoms with Crippen LogP contribution in [-0.4, -0.2) is 21.5 Å². The molecule has 0 aromatic heterocycles. The van der Waals surface area contributed by atoms with Crippen molar-refractivity contribution >= 4 is 16.8 Å². The van der Waals surface area contributed by atoms with E-state index in [9.17, 15) is 9.00 Å². The molecule has 0 saturated heterocycles. The normalized spacial score (nSPS) is 19.6. The molecule has 1 fully saturated rings. The average Bonchev–Trinajstić information content (AvgIpc) is 2.55. The third-order valence-corrected chi connectivity index (χ3v) is 7.03. The van der Waals surface area contributed by atoms with Gasteiger partial charge in [0.15, 0.2) is 0 Å². The summed E-state index contributed by atoms with van der Waals surface area (Å²) in [5.41, 5.74) is 0.458. The zero-order chi connectivity index (χ0) is 19.4. The van der Waals surface area contributed by atoms with Gasteiger partial charge in [0.25, 0.3) is 0 Å². The first kappa shape index (κ1) is 21.1. The van der Waals surface area contributed by atoms with E-state index in [-0.39, 0.29) is 17.3 Å². The van der Waals surface area contributed by atoms with E-state index in [0.29, 0.717) is 5.75 Å². The molecule has 1 aromatic rings. The molecule has 0 N–H and O–H groups in total. The van der Waals surface area contributed by atoms with Crippen LogP contribution in [0.3, 0.4) is 0 Å². The van der Waals surface area contributed by atoms with E-state index >= 15 is 0 Å². The van der Waals surface area contributed by atoms with Gasteiger partial charge in [0.2, 0.25) is 0 Å². The zero-order valence-corrected chi connectivity index (χ0v) is 17.8. The third-order valence-electron chi connectivity index (χ3n) is 5.39. The number of aryl methyl sites for hydroxylation is 1. The van der Waals surface area contributed by atoms with Crippen molar-refractivity contribution < 1.29 is 13.7 Å². The minimum Gasteiger partial charge on any atom is -0.460 e. The molecule has 0 aliphatic heterocycles. The van der Waals surface area contributed by atoms with E-state index in [2.05, 4.69) is 6.92 Å². The number of hydrogen-bond donors (Lipinski definition) is 0. The van der Waals surface area contributed by atoms with Crippen LogP contribution in [0.2, 0.25) is 0 Å². The van der Waals surface area contributed by atoms with E-state index in [1.807, 2.05) is 52.0 Å². The van der Waals surface area contributed by atoms with Gasteiger partial charge in [-0.2, -0.15) is 0 Å². The molecule has 4 heteroatoms. The lowest BCUT2D eigenvalue weighted by atomic mass is 9.66. The second-order valence-corrected chi connectivity index (χ2v) is 10.2. The van der Waals surface area contributed by atoms with Gasteiger partial charge in [0.1, 0.15) is 5.60 Å². The van der Waals surface area contributed by atoms with Gasteiger partial charge in [0.05, 0.1) is 16.7 Å². The third kappa shape index (κ3) is 5.42. The molecule has 0 amide bonds. The van der Waals surface area contributed by atoms with Crippen molar-refractivity contribution in [2.75, 3.05) is 5.75 Å². The van der Waals surface area contributed by atoms with Crippen LogP contribution < -0.4 is 0 Å². The average molecular weight is 379 g/mol. The predicted octanol–water partition coefficient (Wildman–Crippen LogP) is 5.42. The molecular formula is C22H34O3S. The van der Waals surface area contributed by atoms with Crippen LogP contribution in [-0.2, 0) is 20.3 Å². The number of rotatable bonds is 6. The standard InChI is InChI=1S/C22H34O3S/c1-6-19(20(23)25-21(3,4)5)22(14-8-7-9-15-22)16-26(24)18-12-10-17(2)11-13-18/h10-13,19H,6-9,14-16H2,1-5H3. The maximum Gasteiger partial charge on any atom is 0.310 e. The van der Waals surface area contributed by atoms with E-state index in [0.717, 1.165) is 37.0 Å². The minimum absolute atomic E-state index is 0.122. The molecule has 2 unspecified atom stereocenters. The van der Waals surface area contributed by atoms with Gasteiger partial charge in [-0.25, -0.2) is 0 Å². The Bertz CT molecular complexity index is 622. The van der Waals surface area contributed by atoms with Crippen molar-refractivity contribution in [2.45, 2.75) is 83.6 Å². The Morgan fingerprint density at radius 1 is 1.15 bits per heavy atom. The smallest absolute Gasteiger partial charge is 0.310 e. The summed E-state index contributed by atoms with van der Waals surface area (Å²) >= 11 is 0. The van der Waals surface area contributed by atoms with Crippen molar-refractivity contribution in [1.29, 1.82) is 0 Å². The summed E-state index contributed by atoms with van der Waals surface area (Å²) in [7, 11) is -1.10. The Balaban J connectivity index is 2.26. The topological polar surface area (TPSA) is 43.4 Å². The highest BCUT2D eigenvalue weighted by atomic mass is 32.2. The maximum atomic E-state index is 13.1. The zero-order valence-electron chi connectivity index (χ0n) is 17.0. The molecule has 2 rings (SSSR count). The first-order valence-corrected chi connectivity index (χ1v) is 11.2. The van der Waals surface area contributed by atoms with Gasteiger partial charge < -0.3 is 4.74 Å². The lowest BCUT2D eigenvalue weighted by molar-refractivity contribution is -0.165. The molecule has 26 heavy (non-hydrogen) atoms. The number of ether oxygens (including phenoxy) is 1. The Morgan fingerprint density at radius 2 is 1.73 bits per heavy atom. The molecule has 1 aromatic carbocycles. The van der Waals surface area contributed by atoms with Crippen molar-refractivity contribution in [2.24, 2.45) is 11.3 Å². The Kier molecular flexibility index (Phi) is 7.06. The second-order valence-electron chi connectivity index (χ2n) is 8.72. The number of carbonyl (C=O) groups excluding carboxylic acids is 1. The fraction of sp³-hybridized carbons (Fsp3) is 0.682. The molecule has 3 nitrogen and oxygen atoms in total. The van der Waals surface area contributed by atoms with Gasteiger partial charge in [-0.3, -0.25) is 9.00 Å². The summed E-state index contributed by atoms with van der Waals surface area (Å²) in [4.78, 5) is 13.8. The Labute approximate surface area is 161 Å². The molecule has 146 valence electrons. The highest BCUT2D eigenvalue weighted by molar-refractivity contribution is 7.85. The molecule has 0 bridgehead atoms. The molecule has 0 heterocycles. The predicted molar refractivity (Wildman–Crippen MR) is 108 cm³/mol. The van der Waals surface area contributed by atoms with Crippen LogP contribution in [0.4, 0.5) is 0 Å². The Hall–Kier alpha value is -1.16. The van der Waals surface area contributed by atoms with Crippen LogP contribution >= 0.6 is 0 Å². The fourth-order valence-electron chi connectivity index (χ4n) is 4.11. The molecule has 1 saturated carbocycles. The van der Waals surface area contributed by atoms with Gasteiger partial charge in [-0.1, -0.05) is 43.9 Å². The fourth-order valence-corrected chi connectivity index (χ4v) is 5.72. The van der Waals surface area contributed by atoms with Gasteiger partial charge in [0, 0.05) is 10.6 Å². The minimum atomic E-state index is -1.10. The van der Waals surface area contributed by atoms with Crippen molar-refractivity contribution in [3.8, 4) is 0 Å². The summed E-state index contributed by atoms with van der Waals surface area (Å²) in [6.45, 7) is 9.82. The largest absolute Gasteiger partial charge is 0.460 e. The summed E-state index contributed by atoms with van der Waals surface area (Å²) in [5, 5.41) is 0. The first-order chi connectivity index (χ1) is 12.2. The van der Waals surface area contributed by atoms with E-state index in [1.54, 1.807) is 0 Å². The SMILES string of the molecule is CCC(C(=O)OC(C)(C)C)C1(CS(=O)c2ccc(C)cc2)CCCCC1. The lowest BCUT2D eigenvalue weighted by Gasteiger charge is -2.42. The van der Waals surface area contributed by atoms with Crippen LogP contribution in [0.1, 0.15) is 71.8 Å². The molecule has 0 radical (unpaired) electrons. The number of hydrogen-bond acceptors (Lipinski definition) is 3. The number of carbonyl (C=O) groups is 1. The van der Waals surface area contributed by atoms with Gasteiger partial charge in [-0.15, -0.1) is 0 Å². The van der Waals surface area contributed by atoms with Crippen molar-refractivity contribution in [1.82, 2.24) is 0 Å². The summed E-state index contributed by atoms with van der Waals surface area (Å²) in [5.74, 6) is 0.243. The molecule has 2 atom stereocenters. The monoisotopic (exact) mass is 378 g/mol. The molecule has 1 aliphatic rings.